The van der Waals surface area contributed by atoms with Gasteiger partial charge in [0.2, 0.25) is 5.82 Å². The molecule has 1 aromatic carbocycles. The van der Waals surface area contributed by atoms with Gasteiger partial charge in [0.1, 0.15) is 6.04 Å². The highest BCUT2D eigenvalue weighted by atomic mass is 16.4. The molecule has 1 atom stereocenters. The van der Waals surface area contributed by atoms with Gasteiger partial charge in [0.05, 0.1) is 5.69 Å². The van der Waals surface area contributed by atoms with Crippen LogP contribution in [0.2, 0.25) is 0 Å². The molecule has 0 aliphatic carbocycles. The molecule has 2 aromatic rings. The van der Waals surface area contributed by atoms with E-state index in [4.69, 9.17) is 5.11 Å². The molecule has 3 N–H and O–H groups in total. The average Bonchev–Trinajstić information content (AvgIpc) is 2.87. The minimum absolute atomic E-state index is 0.227. The number of aromatic amines is 1. The lowest BCUT2D eigenvalue weighted by Gasteiger charge is -2.10. The number of aromatic nitrogens is 3. The fraction of sp³-hybridized carbons (Fsp3) is 0.231. The number of carboxylic acid groups (broad SMARTS) is 1. The normalized spacial score (nSPS) is 11.9. The monoisotopic (exact) mass is 290 g/mol. The molecule has 0 spiro atoms. The number of carbonyl (C=O) groups excluding carboxylic acids is 1. The van der Waals surface area contributed by atoms with Gasteiger partial charge in [-0.3, -0.25) is 9.78 Å². The van der Waals surface area contributed by atoms with Crippen molar-refractivity contribution in [2.75, 3.05) is 0 Å². The lowest BCUT2D eigenvalue weighted by atomic mass is 10.2. The largest absolute Gasteiger partial charge is 0.480 e. The maximum absolute atomic E-state index is 11.9. The van der Waals surface area contributed by atoms with Gasteiger partial charge in [0.25, 0.3) is 5.91 Å². The maximum atomic E-state index is 11.9. The Labute approximate surface area is 119 Å². The van der Waals surface area contributed by atoms with Gasteiger partial charge < -0.3 is 10.4 Å². The number of amides is 1. The highest BCUT2D eigenvalue weighted by Crippen LogP contribution is 2.02. The van der Waals surface area contributed by atoms with Crippen molar-refractivity contribution in [3.8, 4) is 5.69 Å². The predicted molar refractivity (Wildman–Crippen MR) is 73.4 cm³/mol. The lowest BCUT2D eigenvalue weighted by molar-refractivity contribution is -0.139. The molecule has 8 heteroatoms. The van der Waals surface area contributed by atoms with Gasteiger partial charge in [0, 0.05) is 0 Å². The number of nitrogens with one attached hydrogen (secondary N) is 2. The number of carboxylic acids is 1. The van der Waals surface area contributed by atoms with Crippen molar-refractivity contribution in [3.63, 3.8) is 0 Å². The third kappa shape index (κ3) is 3.16. The minimum Gasteiger partial charge on any atom is -0.480 e. The number of nitrogens with zero attached hydrogens (tertiary/aromatic N) is 2. The summed E-state index contributed by atoms with van der Waals surface area (Å²) in [5.74, 6) is -2.12. The summed E-state index contributed by atoms with van der Waals surface area (Å²) in [4.78, 5) is 36.9. The molecule has 0 aliphatic heterocycles. The molecule has 2 rings (SSSR count). The maximum Gasteiger partial charge on any atom is 0.348 e. The van der Waals surface area contributed by atoms with E-state index in [0.717, 1.165) is 4.68 Å². The standard InChI is InChI=1S/C13H14N4O4/c1-2-9(12(19)20)14-11(18)10-15-13(21)17(16-10)8-6-4-3-5-7-8/h3-7,9H,2H2,1H3,(H,14,18)(H,19,20)(H,15,16,21). The van der Waals surface area contributed by atoms with Crippen molar-refractivity contribution in [1.29, 1.82) is 0 Å². The van der Waals surface area contributed by atoms with Crippen LogP contribution in [0.5, 0.6) is 0 Å². The SMILES string of the molecule is CCC(NC(=O)c1nn(-c2ccccc2)c(=O)[nH]1)C(=O)O. The number of rotatable bonds is 5. The van der Waals surface area contributed by atoms with Gasteiger partial charge in [-0.1, -0.05) is 25.1 Å². The van der Waals surface area contributed by atoms with Gasteiger partial charge in [-0.05, 0) is 18.6 Å². The van der Waals surface area contributed by atoms with Crippen molar-refractivity contribution < 1.29 is 14.7 Å². The topological polar surface area (TPSA) is 117 Å². The molecule has 1 aromatic heterocycles. The number of benzene rings is 1. The number of carbonyl (C=O) groups is 2. The summed E-state index contributed by atoms with van der Waals surface area (Å²) in [5.41, 5.74) is -0.0715. The van der Waals surface area contributed by atoms with Gasteiger partial charge in [-0.15, -0.1) is 5.10 Å². The molecule has 1 unspecified atom stereocenters. The Hall–Kier alpha value is -2.90. The van der Waals surface area contributed by atoms with Gasteiger partial charge in [-0.2, -0.15) is 4.68 Å². The Bertz CT molecular complexity index is 704. The number of H-pyrrole nitrogens is 1. The van der Waals surface area contributed by atoms with E-state index in [0.29, 0.717) is 5.69 Å². The molecular weight excluding hydrogens is 276 g/mol. The summed E-state index contributed by atoms with van der Waals surface area (Å²) >= 11 is 0. The molecule has 8 nitrogen and oxygen atoms in total. The van der Waals surface area contributed by atoms with Crippen molar-refractivity contribution in [2.45, 2.75) is 19.4 Å². The third-order valence-electron chi connectivity index (χ3n) is 2.85. The molecule has 0 radical (unpaired) electrons. The number of hydrogen-bond acceptors (Lipinski definition) is 4. The molecule has 0 saturated heterocycles. The molecule has 110 valence electrons. The number of para-hydroxylation sites is 1. The van der Waals surface area contributed by atoms with Gasteiger partial charge >= 0.3 is 11.7 Å². The zero-order chi connectivity index (χ0) is 15.4. The first-order chi connectivity index (χ1) is 10.0. The van der Waals surface area contributed by atoms with Crippen LogP contribution < -0.4 is 11.0 Å². The van der Waals surface area contributed by atoms with Crippen LogP contribution in [-0.2, 0) is 4.79 Å². The van der Waals surface area contributed by atoms with Crippen LogP contribution in [0.1, 0.15) is 24.0 Å². The Morgan fingerprint density at radius 1 is 1.38 bits per heavy atom. The summed E-state index contributed by atoms with van der Waals surface area (Å²) in [5, 5.41) is 15.1. The van der Waals surface area contributed by atoms with Crippen LogP contribution in [0.25, 0.3) is 5.69 Å². The van der Waals surface area contributed by atoms with E-state index in [1.54, 1.807) is 37.3 Å². The molecule has 0 fully saturated rings. The Kier molecular flexibility index (Phi) is 4.17. The van der Waals surface area contributed by atoms with E-state index >= 15 is 0 Å². The second-order valence-corrected chi connectivity index (χ2v) is 4.30. The lowest BCUT2D eigenvalue weighted by Crippen LogP contribution is -2.40. The summed E-state index contributed by atoms with van der Waals surface area (Å²) in [6.07, 6.45) is 0.227. The van der Waals surface area contributed by atoms with E-state index < -0.39 is 23.6 Å². The smallest absolute Gasteiger partial charge is 0.348 e. The number of hydrogen-bond donors (Lipinski definition) is 3. The Balaban J connectivity index is 2.25. The van der Waals surface area contributed by atoms with E-state index in [9.17, 15) is 14.4 Å². The highest BCUT2D eigenvalue weighted by molar-refractivity contribution is 5.93. The second kappa shape index (κ2) is 6.04. The van der Waals surface area contributed by atoms with Gasteiger partial charge in [0.15, 0.2) is 0 Å². The Morgan fingerprint density at radius 2 is 2.05 bits per heavy atom. The van der Waals surface area contributed by atoms with Crippen LogP contribution in [0.3, 0.4) is 0 Å². The molecule has 1 amide bonds. The molecule has 1 heterocycles. The quantitative estimate of drug-likeness (QED) is 0.724. The van der Waals surface area contributed by atoms with Crippen molar-refractivity contribution in [3.05, 3.63) is 46.6 Å². The summed E-state index contributed by atoms with van der Waals surface area (Å²) in [7, 11) is 0. The van der Waals surface area contributed by atoms with Crippen LogP contribution >= 0.6 is 0 Å². The van der Waals surface area contributed by atoms with Crippen molar-refractivity contribution in [2.24, 2.45) is 0 Å². The predicted octanol–water partition coefficient (Wildman–Crippen LogP) is 0.154. The summed E-state index contributed by atoms with van der Waals surface area (Å²) < 4.78 is 1.04. The minimum atomic E-state index is -1.14. The fourth-order valence-electron chi connectivity index (χ4n) is 1.74. The van der Waals surface area contributed by atoms with Crippen molar-refractivity contribution in [1.82, 2.24) is 20.1 Å². The molecule has 0 saturated carbocycles. The second-order valence-electron chi connectivity index (χ2n) is 4.30. The van der Waals surface area contributed by atoms with E-state index in [-0.39, 0.29) is 12.2 Å². The van der Waals surface area contributed by atoms with Crippen LogP contribution in [0.15, 0.2) is 35.1 Å². The fourth-order valence-corrected chi connectivity index (χ4v) is 1.74. The number of aliphatic carboxylic acids is 1. The Morgan fingerprint density at radius 3 is 2.62 bits per heavy atom. The zero-order valence-corrected chi connectivity index (χ0v) is 11.2. The zero-order valence-electron chi connectivity index (χ0n) is 11.2. The van der Waals surface area contributed by atoms with Gasteiger partial charge in [-0.25, -0.2) is 9.59 Å². The molecule has 0 bridgehead atoms. The molecule has 0 aliphatic rings. The van der Waals surface area contributed by atoms with E-state index in [1.807, 2.05) is 0 Å². The third-order valence-corrected chi connectivity index (χ3v) is 2.85. The first kappa shape index (κ1) is 14.5. The molecule has 21 heavy (non-hydrogen) atoms. The first-order valence-electron chi connectivity index (χ1n) is 6.31. The summed E-state index contributed by atoms with van der Waals surface area (Å²) in [6, 6.07) is 7.55. The van der Waals surface area contributed by atoms with E-state index in [2.05, 4.69) is 15.4 Å². The average molecular weight is 290 g/mol. The molecular formula is C13H14N4O4. The van der Waals surface area contributed by atoms with Crippen molar-refractivity contribution >= 4 is 11.9 Å². The van der Waals surface area contributed by atoms with Crippen LogP contribution in [-0.4, -0.2) is 37.8 Å². The first-order valence-corrected chi connectivity index (χ1v) is 6.31. The van der Waals surface area contributed by atoms with E-state index in [1.165, 1.54) is 0 Å². The van der Waals surface area contributed by atoms with Crippen LogP contribution in [0, 0.1) is 0 Å². The highest BCUT2D eigenvalue weighted by Gasteiger charge is 2.21. The summed E-state index contributed by atoms with van der Waals surface area (Å²) in [6.45, 7) is 1.63. The van der Waals surface area contributed by atoms with Crippen LogP contribution in [0.4, 0.5) is 0 Å².